The van der Waals surface area contributed by atoms with Crippen molar-refractivity contribution in [3.05, 3.63) is 40.4 Å². The van der Waals surface area contributed by atoms with Crippen molar-refractivity contribution in [2.45, 2.75) is 40.0 Å². The van der Waals surface area contributed by atoms with Crippen molar-refractivity contribution in [3.8, 4) is 0 Å². The van der Waals surface area contributed by atoms with Gasteiger partial charge in [0, 0.05) is 43.2 Å². The Balaban J connectivity index is 1.78. The number of halogens is 1. The normalized spacial score (nSPS) is 20.5. The molecule has 158 valence electrons. The summed E-state index contributed by atoms with van der Waals surface area (Å²) in [6.07, 6.45) is 2.33. The van der Waals surface area contributed by atoms with E-state index in [4.69, 9.17) is 11.6 Å². The second-order valence-corrected chi connectivity index (χ2v) is 9.77. The van der Waals surface area contributed by atoms with Gasteiger partial charge in [0.2, 0.25) is 5.91 Å². The van der Waals surface area contributed by atoms with Crippen molar-refractivity contribution in [2.75, 3.05) is 26.2 Å². The maximum absolute atomic E-state index is 12.8. The first-order valence-corrected chi connectivity index (χ1v) is 11.9. The van der Waals surface area contributed by atoms with E-state index in [2.05, 4.69) is 18.2 Å². The van der Waals surface area contributed by atoms with Crippen molar-refractivity contribution in [1.82, 2.24) is 9.80 Å². The Hall–Kier alpha value is -1.86. The molecule has 2 aliphatic heterocycles. The van der Waals surface area contributed by atoms with Gasteiger partial charge in [0.1, 0.15) is 10.7 Å². The number of amidine groups is 1. The lowest BCUT2D eigenvalue weighted by Crippen LogP contribution is -2.37. The van der Waals surface area contributed by atoms with Crippen molar-refractivity contribution in [1.29, 1.82) is 0 Å². The van der Waals surface area contributed by atoms with Crippen LogP contribution in [0, 0.1) is 5.92 Å². The largest absolute Gasteiger partial charge is 0.354 e. The maximum atomic E-state index is 12.8. The lowest BCUT2D eigenvalue weighted by molar-refractivity contribution is -0.131. The molecule has 2 aliphatic rings. The Morgan fingerprint density at radius 2 is 1.86 bits per heavy atom. The smallest absolute Gasteiger partial charge is 0.285 e. The molecular formula is C21H28ClN3O3S. The van der Waals surface area contributed by atoms with Gasteiger partial charge in [-0.25, -0.2) is 0 Å². The summed E-state index contributed by atoms with van der Waals surface area (Å²) < 4.78 is 29.6. The van der Waals surface area contributed by atoms with Crippen molar-refractivity contribution in [3.63, 3.8) is 0 Å². The number of benzene rings is 1. The van der Waals surface area contributed by atoms with Crippen LogP contribution in [-0.4, -0.2) is 56.1 Å². The minimum Gasteiger partial charge on any atom is -0.354 e. The topological polar surface area (TPSA) is 70.1 Å². The molecule has 1 aromatic rings. The van der Waals surface area contributed by atoms with E-state index in [1.165, 1.54) is 0 Å². The van der Waals surface area contributed by atoms with Crippen LogP contribution >= 0.6 is 11.6 Å². The first-order valence-electron chi connectivity index (χ1n) is 10.1. The highest BCUT2D eigenvalue weighted by molar-refractivity contribution is 8.00. The Morgan fingerprint density at radius 3 is 2.52 bits per heavy atom. The molecule has 1 unspecified atom stereocenters. The first kappa shape index (κ1) is 21.8. The number of nitrogens with zero attached hydrogens (tertiary/aromatic N) is 3. The quantitative estimate of drug-likeness (QED) is 0.718. The molecular weight excluding hydrogens is 410 g/mol. The van der Waals surface area contributed by atoms with E-state index in [0.717, 1.165) is 12.8 Å². The van der Waals surface area contributed by atoms with Crippen LogP contribution in [0.15, 0.2) is 34.2 Å². The number of rotatable bonds is 4. The molecule has 2 heterocycles. The highest BCUT2D eigenvalue weighted by Crippen LogP contribution is 2.34. The monoisotopic (exact) mass is 437 g/mol. The predicted molar refractivity (Wildman–Crippen MR) is 117 cm³/mol. The van der Waals surface area contributed by atoms with E-state index in [1.807, 2.05) is 9.80 Å². The lowest BCUT2D eigenvalue weighted by Gasteiger charge is -2.24. The van der Waals surface area contributed by atoms with E-state index in [-0.39, 0.29) is 10.8 Å². The Morgan fingerprint density at radius 1 is 1.17 bits per heavy atom. The first-order chi connectivity index (χ1) is 13.7. The standard InChI is InChI=1S/C21H28ClN3O3S/c1-4-15(2)14-19(26)24-10-5-11-25(13-12-24)21-16(3)20(29(27,28)23-21)17-6-8-18(22)9-7-17/h6-9,15H,4-5,10-14H2,1-3H3. The molecule has 1 fully saturated rings. The fraction of sp³-hybridized carbons (Fsp3) is 0.524. The minimum absolute atomic E-state index is 0.177. The van der Waals surface area contributed by atoms with Crippen LogP contribution in [0.2, 0.25) is 5.02 Å². The molecule has 1 atom stereocenters. The summed E-state index contributed by atoms with van der Waals surface area (Å²) in [5.41, 5.74) is 1.23. The molecule has 0 aliphatic carbocycles. The van der Waals surface area contributed by atoms with Crippen LogP contribution in [0.4, 0.5) is 0 Å². The number of carbonyl (C=O) groups excluding carboxylic acids is 1. The van der Waals surface area contributed by atoms with Crippen molar-refractivity contribution >= 4 is 38.3 Å². The Bertz CT molecular complexity index is 938. The molecule has 0 bridgehead atoms. The van der Waals surface area contributed by atoms with Crippen LogP contribution in [-0.2, 0) is 14.8 Å². The lowest BCUT2D eigenvalue weighted by atomic mass is 10.0. The van der Waals surface area contributed by atoms with Gasteiger partial charge < -0.3 is 9.80 Å². The van der Waals surface area contributed by atoms with Gasteiger partial charge in [-0.15, -0.1) is 4.40 Å². The van der Waals surface area contributed by atoms with E-state index in [1.54, 1.807) is 31.2 Å². The summed E-state index contributed by atoms with van der Waals surface area (Å²) in [6.45, 7) is 8.50. The van der Waals surface area contributed by atoms with Gasteiger partial charge in [0.05, 0.1) is 0 Å². The van der Waals surface area contributed by atoms with Gasteiger partial charge in [-0.1, -0.05) is 44.0 Å². The number of amides is 1. The molecule has 0 N–H and O–H groups in total. The summed E-state index contributed by atoms with van der Waals surface area (Å²) in [5.74, 6) is 1.04. The third-order valence-electron chi connectivity index (χ3n) is 5.62. The van der Waals surface area contributed by atoms with Crippen molar-refractivity contribution < 1.29 is 13.2 Å². The fourth-order valence-corrected chi connectivity index (χ4v) is 5.34. The molecule has 0 saturated carbocycles. The SMILES string of the molecule is CCC(C)CC(=O)N1CCCN(C2=NS(=O)(=O)C(c3ccc(Cl)cc3)=C2C)CC1. The van der Waals surface area contributed by atoms with Gasteiger partial charge in [0.15, 0.2) is 0 Å². The average Bonchev–Trinajstić information content (AvgIpc) is 2.83. The Labute approximate surface area is 178 Å². The van der Waals surface area contributed by atoms with Crippen LogP contribution in [0.1, 0.15) is 45.6 Å². The highest BCUT2D eigenvalue weighted by Gasteiger charge is 2.34. The highest BCUT2D eigenvalue weighted by atomic mass is 35.5. The predicted octanol–water partition coefficient (Wildman–Crippen LogP) is 3.78. The van der Waals surface area contributed by atoms with Gasteiger partial charge in [-0.2, -0.15) is 8.42 Å². The molecule has 0 aromatic heterocycles. The fourth-order valence-electron chi connectivity index (χ4n) is 3.73. The van der Waals surface area contributed by atoms with Crippen LogP contribution in [0.25, 0.3) is 4.91 Å². The number of hydrogen-bond donors (Lipinski definition) is 0. The zero-order valence-corrected chi connectivity index (χ0v) is 18.8. The zero-order chi connectivity index (χ0) is 21.2. The van der Waals surface area contributed by atoms with Crippen molar-refractivity contribution in [2.24, 2.45) is 10.3 Å². The molecule has 6 nitrogen and oxygen atoms in total. The van der Waals surface area contributed by atoms with E-state index in [9.17, 15) is 13.2 Å². The Kier molecular flexibility index (Phi) is 6.69. The third kappa shape index (κ3) is 4.83. The van der Waals surface area contributed by atoms with E-state index >= 15 is 0 Å². The summed E-state index contributed by atoms with van der Waals surface area (Å²) in [6, 6.07) is 6.76. The second-order valence-electron chi connectivity index (χ2n) is 7.79. The number of carbonyl (C=O) groups is 1. The van der Waals surface area contributed by atoms with Gasteiger partial charge in [0.25, 0.3) is 10.0 Å². The summed E-state index contributed by atoms with van der Waals surface area (Å²) in [5, 5.41) is 0.554. The molecule has 8 heteroatoms. The van der Waals surface area contributed by atoms with Gasteiger partial charge in [-0.3, -0.25) is 4.79 Å². The molecule has 29 heavy (non-hydrogen) atoms. The van der Waals surface area contributed by atoms with Crippen LogP contribution < -0.4 is 0 Å². The number of hydrogen-bond acceptors (Lipinski definition) is 4. The summed E-state index contributed by atoms with van der Waals surface area (Å²) >= 11 is 5.94. The third-order valence-corrected chi connectivity index (χ3v) is 7.34. The van der Waals surface area contributed by atoms with E-state index in [0.29, 0.717) is 60.5 Å². The van der Waals surface area contributed by atoms with Gasteiger partial charge in [-0.05, 0) is 37.0 Å². The average molecular weight is 438 g/mol. The number of sulfonamides is 1. The van der Waals surface area contributed by atoms with E-state index < -0.39 is 10.0 Å². The van der Waals surface area contributed by atoms with Gasteiger partial charge >= 0.3 is 0 Å². The summed E-state index contributed by atoms with van der Waals surface area (Å²) in [4.78, 5) is 16.7. The molecule has 3 rings (SSSR count). The minimum atomic E-state index is -3.76. The molecule has 0 spiro atoms. The molecule has 0 radical (unpaired) electrons. The van der Waals surface area contributed by atoms with Crippen LogP contribution in [0.5, 0.6) is 0 Å². The molecule has 1 aromatic carbocycles. The maximum Gasteiger partial charge on any atom is 0.285 e. The second kappa shape index (κ2) is 8.88. The van der Waals surface area contributed by atoms with Crippen LogP contribution in [0.3, 0.4) is 0 Å². The molecule has 1 saturated heterocycles. The zero-order valence-electron chi connectivity index (χ0n) is 17.2. The molecule has 1 amide bonds. The summed E-state index contributed by atoms with van der Waals surface area (Å²) in [7, 11) is -3.76.